The fourth-order valence-electron chi connectivity index (χ4n) is 3.41. The van der Waals surface area contributed by atoms with Gasteiger partial charge in [-0.1, -0.05) is 87.4 Å². The summed E-state index contributed by atoms with van der Waals surface area (Å²) >= 11 is 0. The Labute approximate surface area is 167 Å². The number of carbonyl (C=O) groups excluding carboxylic acids is 1. The molecule has 2 heteroatoms. The predicted molar refractivity (Wildman–Crippen MR) is 115 cm³/mol. The van der Waals surface area contributed by atoms with E-state index in [1.807, 2.05) is 60.7 Å². The number of rotatable bonds is 8. The van der Waals surface area contributed by atoms with E-state index in [1.54, 1.807) is 6.07 Å². The second-order valence-electron chi connectivity index (χ2n) is 7.25. The van der Waals surface area contributed by atoms with Crippen LogP contribution in [0.25, 0.3) is 22.3 Å². The number of hydrogen-bond donors (Lipinski definition) is 0. The maximum absolute atomic E-state index is 14.5. The third-order valence-corrected chi connectivity index (χ3v) is 5.07. The zero-order chi connectivity index (χ0) is 19.9. The van der Waals surface area contributed by atoms with Crippen molar-refractivity contribution in [3.63, 3.8) is 0 Å². The van der Waals surface area contributed by atoms with E-state index in [1.165, 1.54) is 0 Å². The summed E-state index contributed by atoms with van der Waals surface area (Å²) in [7, 11) is 0. The minimum Gasteiger partial charge on any atom is -0.294 e. The van der Waals surface area contributed by atoms with Crippen molar-refractivity contribution in [1.82, 2.24) is 0 Å². The van der Waals surface area contributed by atoms with Gasteiger partial charge in [0, 0.05) is 17.5 Å². The third kappa shape index (κ3) is 4.75. The monoisotopic (exact) mass is 374 g/mol. The first-order valence-electron chi connectivity index (χ1n) is 10.1. The highest BCUT2D eigenvalue weighted by Crippen LogP contribution is 2.28. The molecule has 144 valence electrons. The molecule has 0 saturated heterocycles. The van der Waals surface area contributed by atoms with Gasteiger partial charge in [0.2, 0.25) is 0 Å². The quantitative estimate of drug-likeness (QED) is 0.373. The van der Waals surface area contributed by atoms with E-state index in [0.29, 0.717) is 12.0 Å². The highest BCUT2D eigenvalue weighted by atomic mass is 19.1. The van der Waals surface area contributed by atoms with Crippen LogP contribution in [0.15, 0.2) is 66.7 Å². The maximum atomic E-state index is 14.5. The average Bonchev–Trinajstić information content (AvgIpc) is 2.73. The van der Waals surface area contributed by atoms with E-state index in [-0.39, 0.29) is 11.6 Å². The van der Waals surface area contributed by atoms with Gasteiger partial charge in [-0.15, -0.1) is 0 Å². The van der Waals surface area contributed by atoms with Crippen LogP contribution in [0.3, 0.4) is 0 Å². The van der Waals surface area contributed by atoms with E-state index in [0.717, 1.165) is 53.5 Å². The highest BCUT2D eigenvalue weighted by Gasteiger charge is 2.08. The van der Waals surface area contributed by atoms with Gasteiger partial charge in [-0.05, 0) is 41.2 Å². The van der Waals surface area contributed by atoms with Crippen molar-refractivity contribution in [2.24, 2.45) is 0 Å². The zero-order valence-corrected chi connectivity index (χ0v) is 16.7. The van der Waals surface area contributed by atoms with E-state index < -0.39 is 0 Å². The molecule has 0 radical (unpaired) electrons. The second kappa shape index (κ2) is 9.45. The van der Waals surface area contributed by atoms with E-state index in [4.69, 9.17) is 0 Å². The number of aryl methyl sites for hydroxylation is 1. The van der Waals surface area contributed by atoms with Gasteiger partial charge in [0.1, 0.15) is 5.82 Å². The Balaban J connectivity index is 1.76. The number of Topliss-reactive ketones (excluding diaryl/α,β-unsaturated/α-hetero) is 1. The summed E-state index contributed by atoms with van der Waals surface area (Å²) in [6.07, 6.45) is 4.47. The standard InChI is InChI=1S/C26H27FO/c1-3-5-7-26(28)23-15-11-21(12-16-23)20-9-13-22(14-10-20)24-17-8-19(6-4-2)18-25(24)27/h8-18H,3-7H2,1-2H3. The summed E-state index contributed by atoms with van der Waals surface area (Å²) in [6, 6.07) is 21.2. The molecule has 0 aromatic heterocycles. The molecule has 0 saturated carbocycles. The normalized spacial score (nSPS) is 10.8. The molecule has 0 N–H and O–H groups in total. The molecule has 0 aliphatic carbocycles. The van der Waals surface area contributed by atoms with Gasteiger partial charge in [0.25, 0.3) is 0 Å². The van der Waals surface area contributed by atoms with Crippen LogP contribution in [0.5, 0.6) is 0 Å². The van der Waals surface area contributed by atoms with Gasteiger partial charge >= 0.3 is 0 Å². The smallest absolute Gasteiger partial charge is 0.162 e. The van der Waals surface area contributed by atoms with Crippen molar-refractivity contribution in [2.45, 2.75) is 46.0 Å². The van der Waals surface area contributed by atoms with Crippen LogP contribution in [-0.4, -0.2) is 5.78 Å². The van der Waals surface area contributed by atoms with Gasteiger partial charge in [0.15, 0.2) is 5.78 Å². The van der Waals surface area contributed by atoms with Crippen LogP contribution in [0.4, 0.5) is 4.39 Å². The molecule has 1 nitrogen and oxygen atoms in total. The molecule has 3 aromatic carbocycles. The molecule has 0 bridgehead atoms. The fourth-order valence-corrected chi connectivity index (χ4v) is 3.41. The zero-order valence-electron chi connectivity index (χ0n) is 16.7. The molecule has 3 rings (SSSR count). The number of carbonyl (C=O) groups is 1. The lowest BCUT2D eigenvalue weighted by Gasteiger charge is -2.08. The van der Waals surface area contributed by atoms with Crippen LogP contribution in [0.2, 0.25) is 0 Å². The van der Waals surface area contributed by atoms with Gasteiger partial charge in [-0.25, -0.2) is 4.39 Å². The summed E-state index contributed by atoms with van der Waals surface area (Å²) in [6.45, 7) is 4.18. The van der Waals surface area contributed by atoms with Gasteiger partial charge in [0.05, 0.1) is 0 Å². The molecule has 0 amide bonds. The Morgan fingerprint density at radius 2 is 1.39 bits per heavy atom. The van der Waals surface area contributed by atoms with Crippen molar-refractivity contribution < 1.29 is 9.18 Å². The molecule has 28 heavy (non-hydrogen) atoms. The largest absolute Gasteiger partial charge is 0.294 e. The van der Waals surface area contributed by atoms with Gasteiger partial charge < -0.3 is 0 Å². The van der Waals surface area contributed by atoms with E-state index in [9.17, 15) is 9.18 Å². The van der Waals surface area contributed by atoms with Crippen molar-refractivity contribution in [3.8, 4) is 22.3 Å². The number of unbranched alkanes of at least 4 members (excludes halogenated alkanes) is 1. The van der Waals surface area contributed by atoms with Crippen molar-refractivity contribution >= 4 is 5.78 Å². The average molecular weight is 374 g/mol. The number of benzene rings is 3. The van der Waals surface area contributed by atoms with Crippen LogP contribution in [0, 0.1) is 5.82 Å². The minimum atomic E-state index is -0.173. The first-order valence-corrected chi connectivity index (χ1v) is 10.1. The third-order valence-electron chi connectivity index (χ3n) is 5.07. The topological polar surface area (TPSA) is 17.1 Å². The van der Waals surface area contributed by atoms with Gasteiger partial charge in [-0.2, -0.15) is 0 Å². The van der Waals surface area contributed by atoms with Crippen LogP contribution in [0.1, 0.15) is 55.5 Å². The maximum Gasteiger partial charge on any atom is 0.162 e. The van der Waals surface area contributed by atoms with Crippen LogP contribution >= 0.6 is 0 Å². The van der Waals surface area contributed by atoms with Crippen LogP contribution in [-0.2, 0) is 6.42 Å². The Morgan fingerprint density at radius 3 is 1.96 bits per heavy atom. The Kier molecular flexibility index (Phi) is 6.76. The Hall–Kier alpha value is -2.74. The van der Waals surface area contributed by atoms with Crippen molar-refractivity contribution in [2.75, 3.05) is 0 Å². The first kappa shape index (κ1) is 20.0. The molecular formula is C26H27FO. The molecule has 0 spiro atoms. The summed E-state index contributed by atoms with van der Waals surface area (Å²) < 4.78 is 14.5. The second-order valence-corrected chi connectivity index (χ2v) is 7.25. The number of halogens is 1. The predicted octanol–water partition coefficient (Wildman–Crippen LogP) is 7.49. The lowest BCUT2D eigenvalue weighted by Crippen LogP contribution is -1.98. The van der Waals surface area contributed by atoms with E-state index in [2.05, 4.69) is 13.8 Å². The van der Waals surface area contributed by atoms with E-state index >= 15 is 0 Å². The lowest BCUT2D eigenvalue weighted by molar-refractivity contribution is 0.0980. The molecule has 0 aliphatic rings. The Morgan fingerprint density at radius 1 is 0.786 bits per heavy atom. The molecule has 3 aromatic rings. The number of ketones is 1. The molecule has 0 atom stereocenters. The fraction of sp³-hybridized carbons (Fsp3) is 0.269. The van der Waals surface area contributed by atoms with Crippen molar-refractivity contribution in [3.05, 3.63) is 83.7 Å². The Bertz CT molecular complexity index is 924. The molecule has 0 heterocycles. The number of hydrogen-bond acceptors (Lipinski definition) is 1. The SMILES string of the molecule is CCCCC(=O)c1ccc(-c2ccc(-c3ccc(CCC)cc3F)cc2)cc1. The first-order chi connectivity index (χ1) is 13.6. The summed E-state index contributed by atoms with van der Waals surface area (Å²) in [5.74, 6) is 0.0272. The molecule has 0 unspecified atom stereocenters. The summed E-state index contributed by atoms with van der Waals surface area (Å²) in [5.41, 5.74) is 5.41. The molecule has 0 fully saturated rings. The molecular weight excluding hydrogens is 347 g/mol. The lowest BCUT2D eigenvalue weighted by atomic mass is 9.97. The highest BCUT2D eigenvalue weighted by molar-refractivity contribution is 5.96. The minimum absolute atomic E-state index is 0.173. The van der Waals surface area contributed by atoms with Gasteiger partial charge in [-0.3, -0.25) is 4.79 Å². The van der Waals surface area contributed by atoms with Crippen molar-refractivity contribution in [1.29, 1.82) is 0 Å². The molecule has 0 aliphatic heterocycles. The van der Waals surface area contributed by atoms with Crippen LogP contribution < -0.4 is 0 Å². The summed E-state index contributed by atoms with van der Waals surface area (Å²) in [4.78, 5) is 12.1. The summed E-state index contributed by atoms with van der Waals surface area (Å²) in [5, 5.41) is 0.